The van der Waals surface area contributed by atoms with Crippen molar-refractivity contribution in [3.63, 3.8) is 0 Å². The maximum absolute atomic E-state index is 11.6. The quantitative estimate of drug-likeness (QED) is 0.147. The Balaban J connectivity index is 1.76. The molecule has 3 fully saturated rings. The number of nitrogens with one attached hydrogen (secondary N) is 1. The Morgan fingerprint density at radius 2 is 1.28 bits per heavy atom. The molecule has 210 valence electrons. The summed E-state index contributed by atoms with van der Waals surface area (Å²) in [6.07, 6.45) is -21.8. The molecule has 16 nitrogen and oxygen atoms in total. The van der Waals surface area contributed by atoms with Crippen LogP contribution < -0.4 is 5.32 Å². The van der Waals surface area contributed by atoms with Crippen molar-refractivity contribution in [3.05, 3.63) is 0 Å². The van der Waals surface area contributed by atoms with E-state index in [1.165, 1.54) is 6.92 Å². The van der Waals surface area contributed by atoms with Gasteiger partial charge >= 0.3 is 0 Å². The van der Waals surface area contributed by atoms with Crippen LogP contribution in [-0.4, -0.2) is 157 Å². The van der Waals surface area contributed by atoms with Gasteiger partial charge in [0.2, 0.25) is 5.91 Å². The van der Waals surface area contributed by atoms with E-state index >= 15 is 0 Å². The van der Waals surface area contributed by atoms with Gasteiger partial charge in [0.05, 0.1) is 19.3 Å². The molecule has 1 amide bonds. The van der Waals surface area contributed by atoms with Crippen molar-refractivity contribution in [2.45, 2.75) is 106 Å². The van der Waals surface area contributed by atoms with Crippen LogP contribution in [0.3, 0.4) is 0 Å². The van der Waals surface area contributed by atoms with Gasteiger partial charge in [0.1, 0.15) is 67.1 Å². The van der Waals surface area contributed by atoms with Crippen molar-refractivity contribution >= 4 is 5.91 Å². The van der Waals surface area contributed by atoms with Crippen LogP contribution in [0.1, 0.15) is 13.8 Å². The number of ether oxygens (including phenoxy) is 5. The van der Waals surface area contributed by atoms with Crippen molar-refractivity contribution < 1.29 is 74.4 Å². The SMILES string of the molecule is CC(=O)N[C@@H]1[C@@H](O[C@@H]2O[C@H](CO)[C@@H](O[C@@H]3O[C@@H](C)[C@@H](O)[C@@H](O)[C@@H]3O)[C@H](O)[C@H]2O)[C@@H](O)[C@@H](CO)O[C@@H]1O. The number of amides is 1. The summed E-state index contributed by atoms with van der Waals surface area (Å²) >= 11 is 0. The van der Waals surface area contributed by atoms with Crippen molar-refractivity contribution in [2.24, 2.45) is 0 Å². The monoisotopic (exact) mass is 529 g/mol. The second-order valence-electron chi connectivity index (χ2n) is 9.05. The van der Waals surface area contributed by atoms with Gasteiger partial charge in [0.15, 0.2) is 18.9 Å². The minimum absolute atomic E-state index is 0.620. The summed E-state index contributed by atoms with van der Waals surface area (Å²) in [5.74, 6) is -0.620. The Bertz CT molecular complexity index is 729. The molecule has 3 aliphatic heterocycles. The number of carbonyl (C=O) groups is 1. The molecule has 15 atom stereocenters. The Morgan fingerprint density at radius 1 is 0.722 bits per heavy atom. The molecule has 3 heterocycles. The number of rotatable bonds is 7. The molecular formula is C20H35NO15. The normalized spacial score (nSPS) is 50.0. The topological polar surface area (TPSA) is 257 Å². The lowest BCUT2D eigenvalue weighted by atomic mass is 9.95. The van der Waals surface area contributed by atoms with Gasteiger partial charge in [-0.2, -0.15) is 0 Å². The molecule has 0 bridgehead atoms. The highest BCUT2D eigenvalue weighted by molar-refractivity contribution is 5.73. The zero-order chi connectivity index (χ0) is 26.9. The average Bonchev–Trinajstić information content (AvgIpc) is 2.84. The van der Waals surface area contributed by atoms with Crippen molar-refractivity contribution in [1.29, 1.82) is 0 Å². The fourth-order valence-corrected chi connectivity index (χ4v) is 4.40. The molecule has 3 rings (SSSR count). The minimum Gasteiger partial charge on any atom is -0.394 e. The Hall–Kier alpha value is -1.09. The lowest BCUT2D eigenvalue weighted by Crippen LogP contribution is -2.68. The fraction of sp³-hybridized carbons (Fsp3) is 0.950. The number of aliphatic hydroxyl groups excluding tert-OH is 9. The van der Waals surface area contributed by atoms with E-state index in [1.54, 1.807) is 0 Å². The van der Waals surface area contributed by atoms with Crippen molar-refractivity contribution in [2.75, 3.05) is 13.2 Å². The summed E-state index contributed by atoms with van der Waals surface area (Å²) in [5, 5.41) is 93.8. The molecule has 0 aliphatic carbocycles. The van der Waals surface area contributed by atoms with E-state index in [1.807, 2.05) is 0 Å². The molecule has 36 heavy (non-hydrogen) atoms. The molecule has 0 aromatic heterocycles. The zero-order valence-electron chi connectivity index (χ0n) is 19.5. The third kappa shape index (κ3) is 5.97. The molecule has 10 N–H and O–H groups in total. The molecule has 0 aromatic carbocycles. The second-order valence-corrected chi connectivity index (χ2v) is 9.05. The third-order valence-corrected chi connectivity index (χ3v) is 6.45. The van der Waals surface area contributed by atoms with Gasteiger partial charge in [-0.1, -0.05) is 0 Å². The number of hydrogen-bond donors (Lipinski definition) is 10. The molecule has 16 heteroatoms. The number of aliphatic hydroxyl groups is 9. The van der Waals surface area contributed by atoms with Gasteiger partial charge in [-0.3, -0.25) is 4.79 Å². The molecule has 0 spiro atoms. The van der Waals surface area contributed by atoms with Gasteiger partial charge in [-0.25, -0.2) is 0 Å². The summed E-state index contributed by atoms with van der Waals surface area (Å²) < 4.78 is 27.1. The molecule has 3 aliphatic rings. The standard InChI is InChI=1S/C20H35NO15/c1-5-10(25)12(27)14(29)19(32-5)35-16-8(4-23)34-20(15(30)13(16)28)36-17-9(21-6(2)24)18(31)33-7(3-22)11(17)26/h5,7-20,22-23,25-31H,3-4H2,1-2H3,(H,21,24)/t5-,7+,8+,9+,10+,11-,12+,13+,14-,15+,16+,17+,18-,19-,20-/m0/s1. The summed E-state index contributed by atoms with van der Waals surface area (Å²) in [5.41, 5.74) is 0. The van der Waals surface area contributed by atoms with Crippen LogP contribution >= 0.6 is 0 Å². The van der Waals surface area contributed by atoms with E-state index in [-0.39, 0.29) is 0 Å². The Kier molecular flexibility index (Phi) is 9.97. The van der Waals surface area contributed by atoms with Gasteiger partial charge in [-0.05, 0) is 6.92 Å². The zero-order valence-corrected chi connectivity index (χ0v) is 19.5. The largest absolute Gasteiger partial charge is 0.394 e. The van der Waals surface area contributed by atoms with Crippen LogP contribution in [0.15, 0.2) is 0 Å². The Labute approximate surface area is 205 Å². The average molecular weight is 529 g/mol. The first-order valence-electron chi connectivity index (χ1n) is 11.4. The minimum atomic E-state index is -1.88. The highest BCUT2D eigenvalue weighted by atomic mass is 16.7. The van der Waals surface area contributed by atoms with Crippen molar-refractivity contribution in [1.82, 2.24) is 5.32 Å². The predicted molar refractivity (Wildman–Crippen MR) is 111 cm³/mol. The molecule has 3 saturated heterocycles. The summed E-state index contributed by atoms with van der Waals surface area (Å²) in [6.45, 7) is 1.03. The van der Waals surface area contributed by atoms with Crippen LogP contribution in [0.4, 0.5) is 0 Å². The van der Waals surface area contributed by atoms with Crippen LogP contribution in [0.2, 0.25) is 0 Å². The molecular weight excluding hydrogens is 494 g/mol. The summed E-state index contributed by atoms with van der Waals surface area (Å²) in [4.78, 5) is 11.6. The first kappa shape index (κ1) is 29.5. The fourth-order valence-electron chi connectivity index (χ4n) is 4.40. The highest BCUT2D eigenvalue weighted by Gasteiger charge is 2.53. The lowest BCUT2D eigenvalue weighted by Gasteiger charge is -2.48. The maximum Gasteiger partial charge on any atom is 0.217 e. The smallest absolute Gasteiger partial charge is 0.217 e. The van der Waals surface area contributed by atoms with E-state index in [9.17, 15) is 50.8 Å². The molecule has 0 saturated carbocycles. The predicted octanol–water partition coefficient (Wildman–Crippen LogP) is -6.40. The van der Waals surface area contributed by atoms with Gasteiger partial charge < -0.3 is 75.0 Å². The lowest BCUT2D eigenvalue weighted by molar-refractivity contribution is -0.370. The third-order valence-electron chi connectivity index (χ3n) is 6.45. The first-order valence-corrected chi connectivity index (χ1v) is 11.4. The maximum atomic E-state index is 11.6. The van der Waals surface area contributed by atoms with Crippen LogP contribution in [0, 0.1) is 0 Å². The van der Waals surface area contributed by atoms with Gasteiger partial charge in [0.25, 0.3) is 0 Å². The van der Waals surface area contributed by atoms with Gasteiger partial charge in [0, 0.05) is 6.92 Å². The van der Waals surface area contributed by atoms with E-state index in [0.717, 1.165) is 6.92 Å². The van der Waals surface area contributed by atoms with E-state index in [4.69, 9.17) is 23.7 Å². The summed E-state index contributed by atoms with van der Waals surface area (Å²) in [6, 6.07) is -1.37. The second kappa shape index (κ2) is 12.2. The van der Waals surface area contributed by atoms with E-state index in [0.29, 0.717) is 0 Å². The first-order chi connectivity index (χ1) is 16.9. The molecule has 0 radical (unpaired) electrons. The van der Waals surface area contributed by atoms with E-state index in [2.05, 4.69) is 5.32 Å². The number of hydrogen-bond acceptors (Lipinski definition) is 15. The summed E-state index contributed by atoms with van der Waals surface area (Å²) in [7, 11) is 0. The molecule has 0 aromatic rings. The van der Waals surface area contributed by atoms with Gasteiger partial charge in [-0.15, -0.1) is 0 Å². The highest BCUT2D eigenvalue weighted by Crippen LogP contribution is 2.32. The van der Waals surface area contributed by atoms with Crippen LogP contribution in [-0.2, 0) is 28.5 Å². The van der Waals surface area contributed by atoms with Crippen LogP contribution in [0.25, 0.3) is 0 Å². The number of carbonyl (C=O) groups excluding carboxylic acids is 1. The van der Waals surface area contributed by atoms with Crippen molar-refractivity contribution in [3.8, 4) is 0 Å². The van der Waals surface area contributed by atoms with Crippen LogP contribution in [0.5, 0.6) is 0 Å². The molecule has 0 unspecified atom stereocenters. The Morgan fingerprint density at radius 3 is 1.86 bits per heavy atom. The van der Waals surface area contributed by atoms with E-state index < -0.39 is 111 Å².